The molecule has 0 spiro atoms. The van der Waals surface area contributed by atoms with Gasteiger partial charge in [-0.3, -0.25) is 0 Å². The Bertz CT molecular complexity index is 113. The van der Waals surface area contributed by atoms with Gasteiger partial charge in [0, 0.05) is 19.8 Å². The summed E-state index contributed by atoms with van der Waals surface area (Å²) in [6.45, 7) is 4.33. The van der Waals surface area contributed by atoms with Crippen LogP contribution in [-0.4, -0.2) is 26.3 Å². The lowest BCUT2D eigenvalue weighted by atomic mass is 10.00. The fourth-order valence-corrected chi connectivity index (χ4v) is 2.25. The van der Waals surface area contributed by atoms with Crippen LogP contribution in [0.3, 0.4) is 0 Å². The van der Waals surface area contributed by atoms with E-state index >= 15 is 0 Å². The topological polar surface area (TPSA) is 21.3 Å². The molecule has 0 bridgehead atoms. The van der Waals surface area contributed by atoms with E-state index in [2.05, 4.69) is 12.2 Å². The van der Waals surface area contributed by atoms with Crippen LogP contribution >= 0.6 is 0 Å². The first-order valence-electron chi connectivity index (χ1n) is 5.60. The van der Waals surface area contributed by atoms with Crippen LogP contribution in [0.2, 0.25) is 0 Å². The van der Waals surface area contributed by atoms with Crippen molar-refractivity contribution in [2.75, 3.05) is 20.3 Å². The van der Waals surface area contributed by atoms with Crippen LogP contribution in [-0.2, 0) is 4.74 Å². The van der Waals surface area contributed by atoms with E-state index in [4.69, 9.17) is 4.74 Å². The molecule has 1 fully saturated rings. The highest BCUT2D eigenvalue weighted by molar-refractivity contribution is 4.82. The Morgan fingerprint density at radius 2 is 2.23 bits per heavy atom. The average molecular weight is 185 g/mol. The molecule has 0 aromatic rings. The molecule has 0 aromatic heterocycles. The molecule has 2 atom stereocenters. The van der Waals surface area contributed by atoms with Gasteiger partial charge in [-0.2, -0.15) is 0 Å². The molecule has 78 valence electrons. The minimum absolute atomic E-state index is 0.773. The van der Waals surface area contributed by atoms with E-state index in [1.807, 2.05) is 0 Å². The number of hydrogen-bond acceptors (Lipinski definition) is 2. The summed E-state index contributed by atoms with van der Waals surface area (Å²) in [6, 6.07) is 0.773. The molecule has 2 unspecified atom stereocenters. The second kappa shape index (κ2) is 6.39. The third kappa shape index (κ3) is 3.65. The van der Waals surface area contributed by atoms with Crippen molar-refractivity contribution in [2.45, 2.75) is 45.1 Å². The smallest absolute Gasteiger partial charge is 0.0465 e. The van der Waals surface area contributed by atoms with Gasteiger partial charge in [0.2, 0.25) is 0 Å². The highest BCUT2D eigenvalue weighted by Gasteiger charge is 2.25. The third-order valence-electron chi connectivity index (χ3n) is 3.01. The SMILES string of the molecule is CCCNC1CCCC1CCOC. The number of hydrogen-bond donors (Lipinski definition) is 1. The number of rotatable bonds is 6. The summed E-state index contributed by atoms with van der Waals surface area (Å²) in [5.41, 5.74) is 0. The molecular formula is C11H23NO. The summed E-state index contributed by atoms with van der Waals surface area (Å²) >= 11 is 0. The average Bonchev–Trinajstić information content (AvgIpc) is 2.59. The van der Waals surface area contributed by atoms with Crippen molar-refractivity contribution in [1.82, 2.24) is 5.32 Å². The van der Waals surface area contributed by atoms with Crippen LogP contribution < -0.4 is 5.32 Å². The Labute approximate surface area is 82.0 Å². The third-order valence-corrected chi connectivity index (χ3v) is 3.01. The van der Waals surface area contributed by atoms with Gasteiger partial charge in [0.15, 0.2) is 0 Å². The fourth-order valence-electron chi connectivity index (χ4n) is 2.25. The zero-order chi connectivity index (χ0) is 9.52. The maximum atomic E-state index is 5.13. The van der Waals surface area contributed by atoms with Crippen LogP contribution in [0.15, 0.2) is 0 Å². The zero-order valence-corrected chi connectivity index (χ0v) is 9.01. The minimum atomic E-state index is 0.773. The normalized spacial score (nSPS) is 28.2. The molecule has 1 aliphatic carbocycles. The van der Waals surface area contributed by atoms with Crippen molar-refractivity contribution in [3.05, 3.63) is 0 Å². The molecule has 1 aliphatic rings. The monoisotopic (exact) mass is 185 g/mol. The first-order chi connectivity index (χ1) is 6.38. The second-order valence-corrected chi connectivity index (χ2v) is 4.03. The molecule has 2 heteroatoms. The summed E-state index contributed by atoms with van der Waals surface area (Å²) in [6.07, 6.45) is 6.64. The van der Waals surface area contributed by atoms with Crippen LogP contribution in [0.25, 0.3) is 0 Å². The number of nitrogens with one attached hydrogen (secondary N) is 1. The van der Waals surface area contributed by atoms with Gasteiger partial charge in [0.05, 0.1) is 0 Å². The van der Waals surface area contributed by atoms with E-state index < -0.39 is 0 Å². The highest BCUT2D eigenvalue weighted by Crippen LogP contribution is 2.28. The van der Waals surface area contributed by atoms with Crippen molar-refractivity contribution in [1.29, 1.82) is 0 Å². The molecule has 0 aromatic carbocycles. The molecule has 0 amide bonds. The summed E-state index contributed by atoms with van der Waals surface area (Å²) in [5, 5.41) is 3.63. The van der Waals surface area contributed by atoms with Crippen molar-refractivity contribution in [2.24, 2.45) is 5.92 Å². The van der Waals surface area contributed by atoms with E-state index in [1.165, 1.54) is 38.6 Å². The second-order valence-electron chi connectivity index (χ2n) is 4.03. The van der Waals surface area contributed by atoms with Gasteiger partial charge >= 0.3 is 0 Å². The lowest BCUT2D eigenvalue weighted by molar-refractivity contribution is 0.171. The van der Waals surface area contributed by atoms with Crippen LogP contribution in [0, 0.1) is 5.92 Å². The largest absolute Gasteiger partial charge is 0.385 e. The van der Waals surface area contributed by atoms with E-state index in [-0.39, 0.29) is 0 Å². The van der Waals surface area contributed by atoms with E-state index in [0.29, 0.717) is 0 Å². The standard InChI is InChI=1S/C11H23NO/c1-3-8-12-11-6-4-5-10(11)7-9-13-2/h10-12H,3-9H2,1-2H3. The summed E-state index contributed by atoms with van der Waals surface area (Å²) in [7, 11) is 1.80. The summed E-state index contributed by atoms with van der Waals surface area (Å²) < 4.78 is 5.13. The van der Waals surface area contributed by atoms with E-state index in [9.17, 15) is 0 Å². The summed E-state index contributed by atoms with van der Waals surface area (Å²) in [5.74, 6) is 0.867. The Balaban J connectivity index is 2.18. The predicted octanol–water partition coefficient (Wildman–Crippen LogP) is 2.19. The molecule has 1 rings (SSSR count). The highest BCUT2D eigenvalue weighted by atomic mass is 16.5. The van der Waals surface area contributed by atoms with Gasteiger partial charge in [0.25, 0.3) is 0 Å². The molecule has 1 N–H and O–H groups in total. The van der Waals surface area contributed by atoms with Gasteiger partial charge in [-0.1, -0.05) is 13.3 Å². The first-order valence-corrected chi connectivity index (χ1v) is 5.60. The van der Waals surface area contributed by atoms with Gasteiger partial charge in [-0.15, -0.1) is 0 Å². The molecule has 0 saturated heterocycles. The van der Waals surface area contributed by atoms with Crippen molar-refractivity contribution < 1.29 is 4.74 Å². The number of methoxy groups -OCH3 is 1. The predicted molar refractivity (Wildman–Crippen MR) is 55.9 cm³/mol. The van der Waals surface area contributed by atoms with Crippen molar-refractivity contribution in [3.63, 3.8) is 0 Å². The van der Waals surface area contributed by atoms with Gasteiger partial charge in [-0.25, -0.2) is 0 Å². The van der Waals surface area contributed by atoms with Gasteiger partial charge < -0.3 is 10.1 Å². The van der Waals surface area contributed by atoms with Gasteiger partial charge in [0.1, 0.15) is 0 Å². The van der Waals surface area contributed by atoms with E-state index in [1.54, 1.807) is 7.11 Å². The molecule has 2 nitrogen and oxygen atoms in total. The van der Waals surface area contributed by atoms with E-state index in [0.717, 1.165) is 18.6 Å². The number of ether oxygens (including phenoxy) is 1. The Hall–Kier alpha value is -0.0800. The molecule has 13 heavy (non-hydrogen) atoms. The first kappa shape index (κ1) is 11.0. The Morgan fingerprint density at radius 3 is 2.92 bits per heavy atom. The Kier molecular flexibility index (Phi) is 5.40. The maximum absolute atomic E-state index is 5.13. The molecule has 0 aliphatic heterocycles. The van der Waals surface area contributed by atoms with Crippen LogP contribution in [0.1, 0.15) is 39.0 Å². The van der Waals surface area contributed by atoms with Crippen LogP contribution in [0.5, 0.6) is 0 Å². The fraction of sp³-hybridized carbons (Fsp3) is 1.00. The minimum Gasteiger partial charge on any atom is -0.385 e. The lowest BCUT2D eigenvalue weighted by Gasteiger charge is -2.20. The maximum Gasteiger partial charge on any atom is 0.0465 e. The molecule has 0 radical (unpaired) electrons. The zero-order valence-electron chi connectivity index (χ0n) is 9.01. The van der Waals surface area contributed by atoms with Crippen molar-refractivity contribution >= 4 is 0 Å². The quantitative estimate of drug-likeness (QED) is 0.685. The Morgan fingerprint density at radius 1 is 1.38 bits per heavy atom. The molecular weight excluding hydrogens is 162 g/mol. The molecule has 1 saturated carbocycles. The van der Waals surface area contributed by atoms with Crippen LogP contribution in [0.4, 0.5) is 0 Å². The van der Waals surface area contributed by atoms with Crippen molar-refractivity contribution in [3.8, 4) is 0 Å². The molecule has 0 heterocycles. The summed E-state index contributed by atoms with van der Waals surface area (Å²) in [4.78, 5) is 0. The lowest BCUT2D eigenvalue weighted by Crippen LogP contribution is -2.33. The van der Waals surface area contributed by atoms with Gasteiger partial charge in [-0.05, 0) is 38.1 Å².